The summed E-state index contributed by atoms with van der Waals surface area (Å²) in [6.45, 7) is 1.57. The number of nitrogens with one attached hydrogen (secondary N) is 1. The van der Waals surface area contributed by atoms with E-state index in [2.05, 4.69) is 4.98 Å². The lowest BCUT2D eigenvalue weighted by molar-refractivity contribution is -0.145. The molecule has 1 atom stereocenters. The van der Waals surface area contributed by atoms with E-state index < -0.39 is 12.1 Å². The van der Waals surface area contributed by atoms with Gasteiger partial charge in [-0.1, -0.05) is 29.8 Å². The van der Waals surface area contributed by atoms with Crippen molar-refractivity contribution in [2.75, 3.05) is 0 Å². The third-order valence-electron chi connectivity index (χ3n) is 3.82. The molecule has 2 aromatic carbocycles. The summed E-state index contributed by atoms with van der Waals surface area (Å²) in [6.07, 6.45) is 1.06. The summed E-state index contributed by atoms with van der Waals surface area (Å²) >= 11 is 5.81. The molecule has 1 N–H and O–H groups in total. The maximum Gasteiger partial charge on any atom is 0.311 e. The summed E-state index contributed by atoms with van der Waals surface area (Å²) in [6, 6.07) is 14.2. The van der Waals surface area contributed by atoms with Crippen LogP contribution in [0, 0.1) is 0 Å². The van der Waals surface area contributed by atoms with Gasteiger partial charge in [0.1, 0.15) is 0 Å². The Morgan fingerprint density at radius 1 is 1.12 bits per heavy atom. The summed E-state index contributed by atoms with van der Waals surface area (Å²) in [4.78, 5) is 27.5. The molecule has 0 unspecified atom stereocenters. The van der Waals surface area contributed by atoms with Gasteiger partial charge in [-0.05, 0) is 42.8 Å². The van der Waals surface area contributed by atoms with Crippen molar-refractivity contribution in [1.82, 2.24) is 4.98 Å². The number of H-pyrrole nitrogens is 1. The molecule has 122 valence electrons. The number of esters is 1. The number of fused-ring (bicyclic) bond motifs is 1. The molecule has 1 heterocycles. The number of aromatic nitrogens is 1. The zero-order valence-electron chi connectivity index (χ0n) is 13.1. The SMILES string of the molecule is C[C@H](OC(=O)Cc1c[nH]c2ccccc12)C(=O)c1ccc(Cl)cc1. The molecule has 3 aromatic rings. The van der Waals surface area contributed by atoms with Gasteiger partial charge in [-0.15, -0.1) is 0 Å². The molecule has 0 aliphatic heterocycles. The summed E-state index contributed by atoms with van der Waals surface area (Å²) in [7, 11) is 0. The number of hydrogen-bond donors (Lipinski definition) is 1. The van der Waals surface area contributed by atoms with Crippen LogP contribution in [0.1, 0.15) is 22.8 Å². The number of carbonyl (C=O) groups excluding carboxylic acids is 2. The smallest absolute Gasteiger partial charge is 0.311 e. The quantitative estimate of drug-likeness (QED) is 0.559. The number of halogens is 1. The monoisotopic (exact) mass is 341 g/mol. The Hall–Kier alpha value is -2.59. The van der Waals surface area contributed by atoms with Crippen LogP contribution in [0.4, 0.5) is 0 Å². The molecule has 0 saturated heterocycles. The van der Waals surface area contributed by atoms with Gasteiger partial charge in [-0.25, -0.2) is 0 Å². The zero-order chi connectivity index (χ0) is 17.1. The highest BCUT2D eigenvalue weighted by atomic mass is 35.5. The third kappa shape index (κ3) is 3.49. The van der Waals surface area contributed by atoms with Crippen LogP contribution < -0.4 is 0 Å². The van der Waals surface area contributed by atoms with Gasteiger partial charge in [0.2, 0.25) is 5.78 Å². The normalized spacial score (nSPS) is 12.1. The molecule has 3 rings (SSSR count). The molecule has 0 radical (unpaired) electrons. The topological polar surface area (TPSA) is 59.2 Å². The van der Waals surface area contributed by atoms with Gasteiger partial charge in [0.05, 0.1) is 6.42 Å². The predicted octanol–water partition coefficient (Wildman–Crippen LogP) is 4.18. The van der Waals surface area contributed by atoms with E-state index in [1.807, 2.05) is 24.3 Å². The number of hydrogen-bond acceptors (Lipinski definition) is 3. The van der Waals surface area contributed by atoms with Crippen LogP contribution in [-0.2, 0) is 16.0 Å². The van der Waals surface area contributed by atoms with Crippen molar-refractivity contribution in [3.05, 3.63) is 70.9 Å². The lowest BCUT2D eigenvalue weighted by atomic mass is 10.1. The van der Waals surface area contributed by atoms with Crippen molar-refractivity contribution < 1.29 is 14.3 Å². The lowest BCUT2D eigenvalue weighted by Crippen LogP contribution is -2.25. The van der Waals surface area contributed by atoms with E-state index in [-0.39, 0.29) is 12.2 Å². The highest BCUT2D eigenvalue weighted by Gasteiger charge is 2.20. The van der Waals surface area contributed by atoms with Crippen molar-refractivity contribution in [2.45, 2.75) is 19.4 Å². The Morgan fingerprint density at radius 3 is 2.58 bits per heavy atom. The Balaban J connectivity index is 1.66. The molecule has 4 nitrogen and oxygen atoms in total. The Morgan fingerprint density at radius 2 is 1.83 bits per heavy atom. The summed E-state index contributed by atoms with van der Waals surface area (Å²) < 4.78 is 5.28. The van der Waals surface area contributed by atoms with Crippen LogP contribution in [0.25, 0.3) is 10.9 Å². The van der Waals surface area contributed by atoms with Gasteiger partial charge >= 0.3 is 5.97 Å². The van der Waals surface area contributed by atoms with Gasteiger partial charge in [0.25, 0.3) is 0 Å². The van der Waals surface area contributed by atoms with Crippen LogP contribution in [-0.4, -0.2) is 22.8 Å². The number of para-hydroxylation sites is 1. The molecule has 5 heteroatoms. The highest BCUT2D eigenvalue weighted by Crippen LogP contribution is 2.19. The number of ether oxygens (including phenoxy) is 1. The standard InChI is InChI=1S/C19H16ClNO3/c1-12(19(23)13-6-8-15(20)9-7-13)24-18(22)10-14-11-21-17-5-3-2-4-16(14)17/h2-9,11-12,21H,10H2,1H3/t12-/m0/s1. The number of benzene rings is 2. The molecule has 24 heavy (non-hydrogen) atoms. The van der Waals surface area contributed by atoms with Crippen molar-refractivity contribution in [3.63, 3.8) is 0 Å². The minimum absolute atomic E-state index is 0.113. The average molecular weight is 342 g/mol. The maximum absolute atomic E-state index is 12.3. The molecular formula is C19H16ClNO3. The van der Waals surface area contributed by atoms with Crippen molar-refractivity contribution in [2.24, 2.45) is 0 Å². The van der Waals surface area contributed by atoms with E-state index in [4.69, 9.17) is 16.3 Å². The Labute approximate surface area is 144 Å². The minimum atomic E-state index is -0.844. The molecule has 0 aliphatic rings. The Kier molecular flexibility index (Phi) is 4.67. The van der Waals surface area contributed by atoms with Crippen LogP contribution in [0.3, 0.4) is 0 Å². The van der Waals surface area contributed by atoms with Crippen molar-refractivity contribution in [1.29, 1.82) is 0 Å². The molecule has 0 bridgehead atoms. The first-order valence-electron chi connectivity index (χ1n) is 7.59. The minimum Gasteiger partial charge on any atom is -0.454 e. The summed E-state index contributed by atoms with van der Waals surface area (Å²) in [5, 5.41) is 1.53. The van der Waals surface area contributed by atoms with Gasteiger partial charge in [0.15, 0.2) is 6.10 Å². The second kappa shape index (κ2) is 6.89. The van der Waals surface area contributed by atoms with Gasteiger partial charge < -0.3 is 9.72 Å². The molecule has 0 aliphatic carbocycles. The van der Waals surface area contributed by atoms with Gasteiger partial charge in [-0.3, -0.25) is 9.59 Å². The fourth-order valence-electron chi connectivity index (χ4n) is 2.57. The van der Waals surface area contributed by atoms with Crippen molar-refractivity contribution >= 4 is 34.3 Å². The van der Waals surface area contributed by atoms with Crippen LogP contribution in [0.15, 0.2) is 54.7 Å². The maximum atomic E-state index is 12.3. The van der Waals surface area contributed by atoms with E-state index in [1.165, 1.54) is 0 Å². The number of Topliss-reactive ketones (excluding diaryl/α,β-unsaturated/α-hetero) is 1. The number of rotatable bonds is 5. The lowest BCUT2D eigenvalue weighted by Gasteiger charge is -2.12. The first-order valence-corrected chi connectivity index (χ1v) is 7.96. The van der Waals surface area contributed by atoms with Crippen molar-refractivity contribution in [3.8, 4) is 0 Å². The van der Waals surface area contributed by atoms with E-state index in [0.717, 1.165) is 16.5 Å². The number of ketones is 1. The van der Waals surface area contributed by atoms with Crippen LogP contribution in [0.5, 0.6) is 0 Å². The number of carbonyl (C=O) groups is 2. The molecule has 0 amide bonds. The third-order valence-corrected chi connectivity index (χ3v) is 4.07. The predicted molar refractivity (Wildman–Crippen MR) is 93.3 cm³/mol. The van der Waals surface area contributed by atoms with E-state index in [0.29, 0.717) is 10.6 Å². The molecule has 0 saturated carbocycles. The molecular weight excluding hydrogens is 326 g/mol. The molecule has 1 aromatic heterocycles. The zero-order valence-corrected chi connectivity index (χ0v) is 13.8. The largest absolute Gasteiger partial charge is 0.454 e. The number of aromatic amines is 1. The summed E-state index contributed by atoms with van der Waals surface area (Å²) in [5.41, 5.74) is 2.28. The second-order valence-electron chi connectivity index (χ2n) is 5.54. The fraction of sp³-hybridized carbons (Fsp3) is 0.158. The fourth-order valence-corrected chi connectivity index (χ4v) is 2.70. The second-order valence-corrected chi connectivity index (χ2v) is 5.98. The Bertz CT molecular complexity index is 883. The van der Waals surface area contributed by atoms with Crippen LogP contribution >= 0.6 is 11.6 Å². The van der Waals surface area contributed by atoms with Crippen LogP contribution in [0.2, 0.25) is 5.02 Å². The first-order chi connectivity index (χ1) is 11.5. The molecule has 0 spiro atoms. The van der Waals surface area contributed by atoms with Gasteiger partial charge in [-0.2, -0.15) is 0 Å². The van der Waals surface area contributed by atoms with E-state index in [1.54, 1.807) is 37.4 Å². The van der Waals surface area contributed by atoms with E-state index >= 15 is 0 Å². The van der Waals surface area contributed by atoms with Gasteiger partial charge in [0, 0.05) is 27.7 Å². The highest BCUT2D eigenvalue weighted by molar-refractivity contribution is 6.30. The average Bonchev–Trinajstić information content (AvgIpc) is 2.98. The first kappa shape index (κ1) is 16.3. The van der Waals surface area contributed by atoms with E-state index in [9.17, 15) is 9.59 Å². The summed E-state index contributed by atoms with van der Waals surface area (Å²) in [5.74, 6) is -0.687. The molecule has 0 fully saturated rings.